The fourth-order valence-corrected chi connectivity index (χ4v) is 3.96. The van der Waals surface area contributed by atoms with Crippen LogP contribution in [0.5, 0.6) is 0 Å². The summed E-state index contributed by atoms with van der Waals surface area (Å²) in [5.41, 5.74) is 8.73. The van der Waals surface area contributed by atoms with Gasteiger partial charge in [-0.1, -0.05) is 6.07 Å². The largest absolute Gasteiger partial charge is 0.465 e. The van der Waals surface area contributed by atoms with Crippen molar-refractivity contribution in [1.29, 1.82) is 0 Å². The second kappa shape index (κ2) is 7.46. The molecule has 3 N–H and O–H groups in total. The van der Waals surface area contributed by atoms with Crippen LogP contribution < -0.4 is 10.6 Å². The number of nitrogens with zero attached hydrogens (tertiary/aromatic N) is 4. The molecule has 0 saturated carbocycles. The van der Waals surface area contributed by atoms with E-state index in [0.717, 1.165) is 22.4 Å². The molecule has 2 heterocycles. The Kier molecular flexibility index (Phi) is 5.22. The summed E-state index contributed by atoms with van der Waals surface area (Å²) in [5.74, 6) is 0.121. The molecular weight excluding hydrogens is 358 g/mol. The van der Waals surface area contributed by atoms with Crippen LogP contribution in [0.2, 0.25) is 0 Å². The van der Waals surface area contributed by atoms with Crippen molar-refractivity contribution in [1.82, 2.24) is 14.9 Å². The number of benzene rings is 1. The Balaban J connectivity index is 2.17. The second-order valence-electron chi connectivity index (χ2n) is 7.38. The van der Waals surface area contributed by atoms with E-state index in [2.05, 4.69) is 9.97 Å². The molecule has 148 valence electrons. The number of hydrogen-bond donors (Lipinski definition) is 2. The third kappa shape index (κ3) is 3.49. The molecule has 2 amide bonds. The molecule has 0 fully saturated rings. The molecule has 8 nitrogen and oxygen atoms in total. The Labute approximate surface area is 164 Å². The van der Waals surface area contributed by atoms with E-state index >= 15 is 0 Å². The number of nitrogens with two attached hydrogens (primary N) is 1. The van der Waals surface area contributed by atoms with E-state index in [1.54, 1.807) is 17.3 Å². The summed E-state index contributed by atoms with van der Waals surface area (Å²) in [6.45, 7) is 7.18. The van der Waals surface area contributed by atoms with Crippen LogP contribution in [-0.2, 0) is 4.79 Å². The van der Waals surface area contributed by atoms with E-state index < -0.39 is 6.09 Å². The third-order valence-electron chi connectivity index (χ3n) is 5.11. The molecule has 0 saturated heterocycles. The van der Waals surface area contributed by atoms with Gasteiger partial charge in [0.15, 0.2) is 0 Å². The van der Waals surface area contributed by atoms with E-state index in [-0.39, 0.29) is 30.0 Å². The van der Waals surface area contributed by atoms with Crippen molar-refractivity contribution >= 4 is 23.6 Å². The lowest BCUT2D eigenvalue weighted by atomic mass is 9.88. The van der Waals surface area contributed by atoms with Crippen LogP contribution in [0.1, 0.15) is 45.7 Å². The molecule has 1 aromatic carbocycles. The number of rotatable bonds is 3. The monoisotopic (exact) mass is 383 g/mol. The number of hydrogen-bond acceptors (Lipinski definition) is 5. The summed E-state index contributed by atoms with van der Waals surface area (Å²) in [6.07, 6.45) is 2.81. The molecule has 28 heavy (non-hydrogen) atoms. The van der Waals surface area contributed by atoms with Gasteiger partial charge in [0.25, 0.3) is 0 Å². The molecule has 2 aromatic rings. The van der Waals surface area contributed by atoms with E-state index in [0.29, 0.717) is 6.42 Å². The first-order chi connectivity index (χ1) is 13.2. The van der Waals surface area contributed by atoms with Gasteiger partial charge in [-0.3, -0.25) is 9.69 Å². The van der Waals surface area contributed by atoms with Crippen LogP contribution in [0, 0.1) is 0 Å². The maximum atomic E-state index is 12.3. The zero-order chi connectivity index (χ0) is 20.6. The minimum Gasteiger partial charge on any atom is -0.465 e. The van der Waals surface area contributed by atoms with Crippen LogP contribution in [0.15, 0.2) is 30.6 Å². The van der Waals surface area contributed by atoms with E-state index in [9.17, 15) is 14.7 Å². The number of carbonyl (C=O) groups excluding carboxylic acids is 1. The fraction of sp³-hybridized carbons (Fsp3) is 0.400. The second-order valence-corrected chi connectivity index (χ2v) is 7.38. The first-order valence-corrected chi connectivity index (χ1v) is 9.23. The molecule has 1 aliphatic rings. The van der Waals surface area contributed by atoms with Crippen molar-refractivity contribution in [3.05, 3.63) is 36.2 Å². The number of aromatic nitrogens is 2. The summed E-state index contributed by atoms with van der Waals surface area (Å²) in [5, 5.41) is 9.81. The molecule has 2 atom stereocenters. The van der Waals surface area contributed by atoms with Crippen LogP contribution in [0.4, 0.5) is 16.4 Å². The molecule has 1 aromatic heterocycles. The lowest BCUT2D eigenvalue weighted by Crippen LogP contribution is -2.48. The Bertz CT molecular complexity index is 897. The molecule has 0 spiro atoms. The average molecular weight is 383 g/mol. The van der Waals surface area contributed by atoms with Gasteiger partial charge in [-0.15, -0.1) is 0 Å². The van der Waals surface area contributed by atoms with Crippen LogP contribution >= 0.6 is 0 Å². The van der Waals surface area contributed by atoms with Gasteiger partial charge in [0, 0.05) is 42.7 Å². The highest BCUT2D eigenvalue weighted by Gasteiger charge is 2.38. The molecule has 2 unspecified atom stereocenters. The SMILES string of the molecule is CC(=O)N1c2ccc(-c3cnc(N)nc3)cc2C(N(C(=O)O)C(C)C)CC1C. The van der Waals surface area contributed by atoms with Gasteiger partial charge in [-0.25, -0.2) is 14.8 Å². The predicted molar refractivity (Wildman–Crippen MR) is 107 cm³/mol. The summed E-state index contributed by atoms with van der Waals surface area (Å²) in [7, 11) is 0. The maximum Gasteiger partial charge on any atom is 0.408 e. The van der Waals surface area contributed by atoms with Crippen molar-refractivity contribution in [2.75, 3.05) is 10.6 Å². The van der Waals surface area contributed by atoms with Gasteiger partial charge >= 0.3 is 6.09 Å². The first-order valence-electron chi connectivity index (χ1n) is 9.23. The normalized spacial score (nSPS) is 18.7. The quantitative estimate of drug-likeness (QED) is 0.841. The van der Waals surface area contributed by atoms with Gasteiger partial charge in [0.05, 0.1) is 6.04 Å². The highest BCUT2D eigenvalue weighted by atomic mass is 16.4. The van der Waals surface area contributed by atoms with Gasteiger partial charge in [-0.05, 0) is 50.5 Å². The lowest BCUT2D eigenvalue weighted by Gasteiger charge is -2.43. The van der Waals surface area contributed by atoms with Crippen molar-refractivity contribution in [3.8, 4) is 11.1 Å². The van der Waals surface area contributed by atoms with Gasteiger partial charge < -0.3 is 15.7 Å². The van der Waals surface area contributed by atoms with E-state index in [1.165, 1.54) is 11.8 Å². The van der Waals surface area contributed by atoms with Crippen molar-refractivity contribution in [2.24, 2.45) is 0 Å². The molecular formula is C20H25N5O3. The van der Waals surface area contributed by atoms with Crippen LogP contribution in [-0.4, -0.2) is 44.1 Å². The zero-order valence-electron chi connectivity index (χ0n) is 16.5. The zero-order valence-corrected chi connectivity index (χ0v) is 16.5. The summed E-state index contributed by atoms with van der Waals surface area (Å²) >= 11 is 0. The molecule has 8 heteroatoms. The number of carbonyl (C=O) groups is 2. The standard InChI is InChI=1S/C20H25N5O3/c1-11(2)24(20(27)28)18-7-12(3)25(13(4)26)17-6-5-14(8-16(17)18)15-9-22-19(21)23-10-15/h5-6,8-12,18H,7H2,1-4H3,(H,27,28)(H2,21,22,23). The van der Waals surface area contributed by atoms with Crippen molar-refractivity contribution < 1.29 is 14.7 Å². The Hall–Kier alpha value is -3.16. The highest BCUT2D eigenvalue weighted by molar-refractivity contribution is 5.94. The van der Waals surface area contributed by atoms with Gasteiger partial charge in [-0.2, -0.15) is 0 Å². The summed E-state index contributed by atoms with van der Waals surface area (Å²) < 4.78 is 0. The molecule has 0 aliphatic carbocycles. The van der Waals surface area contributed by atoms with Crippen LogP contribution in [0.3, 0.4) is 0 Å². The Morgan fingerprint density at radius 1 is 1.25 bits per heavy atom. The average Bonchev–Trinajstić information content (AvgIpc) is 2.61. The lowest BCUT2D eigenvalue weighted by molar-refractivity contribution is -0.117. The van der Waals surface area contributed by atoms with Crippen molar-refractivity contribution in [3.63, 3.8) is 0 Å². The topological polar surface area (TPSA) is 113 Å². The summed E-state index contributed by atoms with van der Waals surface area (Å²) in [6, 6.07) is 5.02. The van der Waals surface area contributed by atoms with E-state index in [4.69, 9.17) is 5.73 Å². The minimum absolute atomic E-state index is 0.0674. The Morgan fingerprint density at radius 2 is 1.89 bits per heavy atom. The fourth-order valence-electron chi connectivity index (χ4n) is 3.96. The molecule has 0 radical (unpaired) electrons. The third-order valence-corrected chi connectivity index (χ3v) is 5.11. The number of carboxylic acid groups (broad SMARTS) is 1. The summed E-state index contributed by atoms with van der Waals surface area (Å²) in [4.78, 5) is 35.5. The number of amides is 2. The number of anilines is 2. The Morgan fingerprint density at radius 3 is 2.43 bits per heavy atom. The van der Waals surface area contributed by atoms with Crippen LogP contribution in [0.25, 0.3) is 11.1 Å². The first kappa shape index (κ1) is 19.6. The molecule has 0 bridgehead atoms. The van der Waals surface area contributed by atoms with E-state index in [1.807, 2.05) is 39.0 Å². The number of nitrogen functional groups attached to an aromatic ring is 1. The van der Waals surface area contributed by atoms with Gasteiger partial charge in [0.1, 0.15) is 0 Å². The molecule has 3 rings (SSSR count). The predicted octanol–water partition coefficient (Wildman–Crippen LogP) is 3.30. The smallest absolute Gasteiger partial charge is 0.408 e. The number of fused-ring (bicyclic) bond motifs is 1. The highest BCUT2D eigenvalue weighted by Crippen LogP contribution is 2.43. The molecule has 1 aliphatic heterocycles. The minimum atomic E-state index is -0.976. The van der Waals surface area contributed by atoms with Crippen molar-refractivity contribution in [2.45, 2.75) is 52.2 Å². The van der Waals surface area contributed by atoms with Gasteiger partial charge in [0.2, 0.25) is 11.9 Å². The maximum absolute atomic E-state index is 12.3.